The highest BCUT2D eigenvalue weighted by atomic mass is 32.1. The minimum Gasteiger partial charge on any atom is -0.495 e. The van der Waals surface area contributed by atoms with E-state index in [1.807, 2.05) is 20.8 Å². The minimum atomic E-state index is -0.230. The van der Waals surface area contributed by atoms with Gasteiger partial charge in [0.1, 0.15) is 16.4 Å². The lowest BCUT2D eigenvalue weighted by atomic mass is 10.1. The molecule has 3 aromatic rings. The van der Waals surface area contributed by atoms with Gasteiger partial charge >= 0.3 is 0 Å². The van der Waals surface area contributed by atoms with Crippen LogP contribution in [-0.2, 0) is 4.79 Å². The quantitative estimate of drug-likeness (QED) is 0.713. The first-order valence-corrected chi connectivity index (χ1v) is 9.13. The van der Waals surface area contributed by atoms with Gasteiger partial charge in [0.25, 0.3) is 5.91 Å². The molecule has 2 heterocycles. The number of amides is 2. The molecule has 0 atom stereocenters. The molecule has 0 aliphatic heterocycles. The number of carbonyl (C=O) groups excluding carboxylic acids is 2. The molecule has 7 nitrogen and oxygen atoms in total. The largest absolute Gasteiger partial charge is 0.495 e. The number of rotatable bonds is 4. The summed E-state index contributed by atoms with van der Waals surface area (Å²) in [6, 6.07) is 5.08. The molecule has 140 valence electrons. The topological polar surface area (TPSA) is 93.2 Å². The number of anilines is 2. The lowest BCUT2D eigenvalue weighted by Gasteiger charge is -2.11. The second-order valence-electron chi connectivity index (χ2n) is 6.14. The van der Waals surface area contributed by atoms with Crippen LogP contribution in [0.3, 0.4) is 0 Å². The van der Waals surface area contributed by atoms with Crippen molar-refractivity contribution in [3.63, 3.8) is 0 Å². The summed E-state index contributed by atoms with van der Waals surface area (Å²) >= 11 is 1.34. The Morgan fingerprint density at radius 2 is 1.85 bits per heavy atom. The number of ether oxygens (including phenoxy) is 1. The number of hydrogen-bond acceptors (Lipinski definition) is 6. The number of thiophene rings is 1. The first-order chi connectivity index (χ1) is 12.8. The van der Waals surface area contributed by atoms with Gasteiger partial charge in [0.2, 0.25) is 5.91 Å². The van der Waals surface area contributed by atoms with E-state index in [-0.39, 0.29) is 11.8 Å². The van der Waals surface area contributed by atoms with E-state index >= 15 is 0 Å². The van der Waals surface area contributed by atoms with E-state index in [1.54, 1.807) is 18.2 Å². The van der Waals surface area contributed by atoms with Gasteiger partial charge in [-0.2, -0.15) is 0 Å². The number of nitrogens with one attached hydrogen (secondary N) is 2. The van der Waals surface area contributed by atoms with Crippen molar-refractivity contribution in [2.75, 3.05) is 17.7 Å². The number of hydrogen-bond donors (Lipinski definition) is 2. The molecular weight excluding hydrogens is 364 g/mol. The fraction of sp³-hybridized carbons (Fsp3) is 0.263. The van der Waals surface area contributed by atoms with E-state index in [9.17, 15) is 9.59 Å². The summed E-state index contributed by atoms with van der Waals surface area (Å²) in [6.45, 7) is 7.07. The van der Waals surface area contributed by atoms with E-state index < -0.39 is 0 Å². The van der Waals surface area contributed by atoms with Crippen molar-refractivity contribution in [3.05, 3.63) is 40.2 Å². The van der Waals surface area contributed by atoms with Gasteiger partial charge < -0.3 is 15.4 Å². The zero-order chi connectivity index (χ0) is 19.7. The maximum Gasteiger partial charge on any atom is 0.266 e. The van der Waals surface area contributed by atoms with Crippen LogP contribution in [0.4, 0.5) is 11.4 Å². The van der Waals surface area contributed by atoms with Gasteiger partial charge in [-0.1, -0.05) is 0 Å². The Labute approximate surface area is 160 Å². The summed E-state index contributed by atoms with van der Waals surface area (Å²) in [7, 11) is 1.52. The summed E-state index contributed by atoms with van der Waals surface area (Å²) in [4.78, 5) is 34.4. The van der Waals surface area contributed by atoms with Crippen LogP contribution < -0.4 is 15.4 Å². The number of aromatic nitrogens is 2. The molecule has 0 unspecified atom stereocenters. The van der Waals surface area contributed by atoms with Crippen molar-refractivity contribution in [2.45, 2.75) is 27.7 Å². The lowest BCUT2D eigenvalue weighted by Crippen LogP contribution is -2.12. The first-order valence-electron chi connectivity index (χ1n) is 8.31. The van der Waals surface area contributed by atoms with Crippen LogP contribution >= 0.6 is 11.3 Å². The van der Waals surface area contributed by atoms with Crippen molar-refractivity contribution < 1.29 is 14.3 Å². The molecule has 0 bridgehead atoms. The molecule has 2 amide bonds. The predicted octanol–water partition coefficient (Wildman–Crippen LogP) is 3.84. The van der Waals surface area contributed by atoms with E-state index in [0.29, 0.717) is 27.8 Å². The minimum absolute atomic E-state index is 0.221. The standard InChI is InChI=1S/C19H20N4O3S/c1-9-16-10(2)20-11(3)21-19(16)27-17(9)18(25)23-13-6-7-15(26-5)14(8-13)22-12(4)24/h6-8H,1-5H3,(H,22,24)(H,23,25). The molecule has 3 rings (SSSR count). The molecule has 0 fully saturated rings. The second kappa shape index (κ2) is 7.32. The van der Waals surface area contributed by atoms with E-state index in [4.69, 9.17) is 4.74 Å². The van der Waals surface area contributed by atoms with Crippen LogP contribution in [0.2, 0.25) is 0 Å². The SMILES string of the molecule is COc1ccc(NC(=O)c2sc3nc(C)nc(C)c3c2C)cc1NC(C)=O. The van der Waals surface area contributed by atoms with Gasteiger partial charge in [-0.15, -0.1) is 11.3 Å². The monoisotopic (exact) mass is 384 g/mol. The lowest BCUT2D eigenvalue weighted by molar-refractivity contribution is -0.114. The average Bonchev–Trinajstić information content (AvgIpc) is 2.91. The number of fused-ring (bicyclic) bond motifs is 1. The van der Waals surface area contributed by atoms with Crippen LogP contribution in [0.15, 0.2) is 18.2 Å². The summed E-state index contributed by atoms with van der Waals surface area (Å²) in [5.74, 6) is 0.749. The summed E-state index contributed by atoms with van der Waals surface area (Å²) in [5.41, 5.74) is 2.77. The van der Waals surface area contributed by atoms with Gasteiger partial charge in [0.15, 0.2) is 0 Å². The van der Waals surface area contributed by atoms with Crippen molar-refractivity contribution in [3.8, 4) is 5.75 Å². The smallest absolute Gasteiger partial charge is 0.266 e. The highest BCUT2D eigenvalue weighted by Crippen LogP contribution is 2.33. The van der Waals surface area contributed by atoms with Gasteiger partial charge in [-0.25, -0.2) is 9.97 Å². The average molecular weight is 384 g/mol. The Morgan fingerprint density at radius 3 is 2.52 bits per heavy atom. The highest BCUT2D eigenvalue weighted by molar-refractivity contribution is 7.20. The van der Waals surface area contributed by atoms with Gasteiger partial charge in [0, 0.05) is 23.7 Å². The van der Waals surface area contributed by atoms with Gasteiger partial charge in [0.05, 0.1) is 17.7 Å². The second-order valence-corrected chi connectivity index (χ2v) is 7.14. The van der Waals surface area contributed by atoms with Crippen LogP contribution in [0, 0.1) is 20.8 Å². The molecule has 0 saturated heterocycles. The third-order valence-electron chi connectivity index (χ3n) is 4.06. The maximum absolute atomic E-state index is 12.8. The Hall–Kier alpha value is -3.00. The van der Waals surface area contributed by atoms with E-state index in [2.05, 4.69) is 20.6 Å². The molecule has 0 aliphatic rings. The van der Waals surface area contributed by atoms with Crippen LogP contribution in [0.1, 0.15) is 33.7 Å². The van der Waals surface area contributed by atoms with Crippen molar-refractivity contribution in [2.24, 2.45) is 0 Å². The van der Waals surface area contributed by atoms with Crippen molar-refractivity contribution >= 4 is 44.7 Å². The van der Waals surface area contributed by atoms with Crippen molar-refractivity contribution in [1.82, 2.24) is 9.97 Å². The van der Waals surface area contributed by atoms with Gasteiger partial charge in [-0.3, -0.25) is 9.59 Å². The third-order valence-corrected chi connectivity index (χ3v) is 5.24. The molecule has 8 heteroatoms. The first kappa shape index (κ1) is 18.8. The number of carbonyl (C=O) groups is 2. The van der Waals surface area contributed by atoms with Crippen LogP contribution in [0.5, 0.6) is 5.75 Å². The summed E-state index contributed by atoms with van der Waals surface area (Å²) in [6.07, 6.45) is 0. The highest BCUT2D eigenvalue weighted by Gasteiger charge is 2.19. The molecule has 0 radical (unpaired) electrons. The molecular formula is C19H20N4O3S. The zero-order valence-corrected chi connectivity index (χ0v) is 16.6. The summed E-state index contributed by atoms with van der Waals surface area (Å²) in [5, 5.41) is 6.49. The number of methoxy groups -OCH3 is 1. The number of nitrogens with zero attached hydrogens (tertiary/aromatic N) is 2. The van der Waals surface area contributed by atoms with Crippen molar-refractivity contribution in [1.29, 1.82) is 0 Å². The maximum atomic E-state index is 12.8. The van der Waals surface area contributed by atoms with Crippen LogP contribution in [0.25, 0.3) is 10.2 Å². The van der Waals surface area contributed by atoms with E-state index in [1.165, 1.54) is 25.4 Å². The Balaban J connectivity index is 1.94. The van der Waals surface area contributed by atoms with Gasteiger partial charge in [-0.05, 0) is 44.5 Å². The van der Waals surface area contributed by atoms with Crippen LogP contribution in [-0.4, -0.2) is 28.9 Å². The fourth-order valence-electron chi connectivity index (χ4n) is 2.95. The molecule has 27 heavy (non-hydrogen) atoms. The summed E-state index contributed by atoms with van der Waals surface area (Å²) < 4.78 is 5.23. The Morgan fingerprint density at radius 1 is 1.11 bits per heavy atom. The normalized spacial score (nSPS) is 10.7. The van der Waals surface area contributed by atoms with E-state index in [0.717, 1.165) is 21.5 Å². The predicted molar refractivity (Wildman–Crippen MR) is 107 cm³/mol. The Kier molecular flexibility index (Phi) is 5.09. The number of benzene rings is 1. The third kappa shape index (κ3) is 3.75. The molecule has 2 N–H and O–H groups in total. The zero-order valence-electron chi connectivity index (χ0n) is 15.8. The molecule has 2 aromatic heterocycles. The number of aryl methyl sites for hydroxylation is 3. The molecule has 0 aliphatic carbocycles. The fourth-order valence-corrected chi connectivity index (χ4v) is 4.12. The molecule has 0 spiro atoms. The molecule has 0 saturated carbocycles. The molecule has 1 aromatic carbocycles. The Bertz CT molecular complexity index is 1060.